The second-order valence-electron chi connectivity index (χ2n) is 3.30. The fourth-order valence-corrected chi connectivity index (χ4v) is 1.58. The number of benzene rings is 1. The second kappa shape index (κ2) is 3.25. The van der Waals surface area contributed by atoms with E-state index in [9.17, 15) is 4.79 Å². The molecule has 2 nitrogen and oxygen atoms in total. The first-order chi connectivity index (χ1) is 6.25. The van der Waals surface area contributed by atoms with Crippen LogP contribution in [0.1, 0.15) is 17.5 Å². The van der Waals surface area contributed by atoms with E-state index >= 15 is 0 Å². The zero-order chi connectivity index (χ0) is 9.26. The Labute approximate surface area is 78.7 Å². The molecule has 0 aliphatic carbocycles. The van der Waals surface area contributed by atoms with Gasteiger partial charge in [0.15, 0.2) is 0 Å². The maximum absolute atomic E-state index is 11.1. The number of carbonyl (C=O) groups is 1. The predicted octanol–water partition coefficient (Wildman–Crippen LogP) is 0.0428. The van der Waals surface area contributed by atoms with Gasteiger partial charge < -0.3 is 5.32 Å². The minimum absolute atomic E-state index is 0.120. The summed E-state index contributed by atoms with van der Waals surface area (Å²) in [6, 6.07) is 5.81. The standard InChI is InChI=1S/C10H10BNO/c11-9-3-1-8-6-12-10(13)4-2-7(8)5-9/h1,3,5H,2,4,6H2,(H,12,13). The van der Waals surface area contributed by atoms with Crippen molar-refractivity contribution in [2.45, 2.75) is 19.4 Å². The van der Waals surface area contributed by atoms with Crippen LogP contribution in [-0.2, 0) is 17.8 Å². The highest BCUT2D eigenvalue weighted by atomic mass is 16.1. The van der Waals surface area contributed by atoms with Crippen LogP contribution in [0, 0.1) is 0 Å². The number of aryl methyl sites for hydroxylation is 1. The van der Waals surface area contributed by atoms with Crippen molar-refractivity contribution in [3.05, 3.63) is 29.3 Å². The van der Waals surface area contributed by atoms with E-state index in [0.717, 1.165) is 11.9 Å². The number of rotatable bonds is 0. The van der Waals surface area contributed by atoms with Crippen molar-refractivity contribution >= 4 is 19.2 Å². The summed E-state index contributed by atoms with van der Waals surface area (Å²) in [5.74, 6) is 0.120. The number of fused-ring (bicyclic) bond motifs is 1. The summed E-state index contributed by atoms with van der Waals surface area (Å²) >= 11 is 0. The van der Waals surface area contributed by atoms with Crippen molar-refractivity contribution < 1.29 is 4.79 Å². The van der Waals surface area contributed by atoms with Gasteiger partial charge in [-0.3, -0.25) is 4.79 Å². The fourth-order valence-electron chi connectivity index (χ4n) is 1.58. The molecule has 0 aromatic heterocycles. The van der Waals surface area contributed by atoms with Crippen LogP contribution in [0.15, 0.2) is 18.2 Å². The molecule has 1 N–H and O–H groups in total. The Kier molecular flexibility index (Phi) is 2.09. The van der Waals surface area contributed by atoms with Gasteiger partial charge in [-0.2, -0.15) is 0 Å². The lowest BCUT2D eigenvalue weighted by Gasteiger charge is -2.05. The van der Waals surface area contributed by atoms with Crippen molar-refractivity contribution in [2.75, 3.05) is 0 Å². The molecule has 0 bridgehead atoms. The molecule has 0 fully saturated rings. The molecule has 1 aromatic carbocycles. The van der Waals surface area contributed by atoms with Crippen LogP contribution >= 0.6 is 0 Å². The molecule has 13 heavy (non-hydrogen) atoms. The van der Waals surface area contributed by atoms with Gasteiger partial charge in [0.2, 0.25) is 5.91 Å². The maximum atomic E-state index is 11.1. The largest absolute Gasteiger partial charge is 0.352 e. The van der Waals surface area contributed by atoms with Crippen LogP contribution in [0.5, 0.6) is 0 Å². The van der Waals surface area contributed by atoms with Gasteiger partial charge in [-0.05, 0) is 17.5 Å². The second-order valence-corrected chi connectivity index (χ2v) is 3.30. The molecule has 0 unspecified atom stereocenters. The summed E-state index contributed by atoms with van der Waals surface area (Å²) < 4.78 is 0. The molecular weight excluding hydrogens is 161 g/mol. The Balaban J connectivity index is 2.35. The average Bonchev–Trinajstić information content (AvgIpc) is 2.29. The number of carbonyl (C=O) groups excluding carboxylic acids is 1. The molecule has 1 aliphatic rings. The van der Waals surface area contributed by atoms with E-state index in [4.69, 9.17) is 7.85 Å². The molecule has 1 aromatic rings. The molecule has 0 saturated carbocycles. The third kappa shape index (κ3) is 1.74. The zero-order valence-electron chi connectivity index (χ0n) is 7.34. The van der Waals surface area contributed by atoms with Gasteiger partial charge in [0, 0.05) is 13.0 Å². The Morgan fingerprint density at radius 2 is 2.08 bits per heavy atom. The SMILES string of the molecule is [B]c1ccc2c(c1)CCC(=O)NC2. The lowest BCUT2D eigenvalue weighted by Crippen LogP contribution is -2.20. The highest BCUT2D eigenvalue weighted by Crippen LogP contribution is 2.12. The van der Waals surface area contributed by atoms with E-state index < -0.39 is 0 Å². The summed E-state index contributed by atoms with van der Waals surface area (Å²) in [6.45, 7) is 0.633. The van der Waals surface area contributed by atoms with Crippen molar-refractivity contribution in [1.29, 1.82) is 0 Å². The highest BCUT2D eigenvalue weighted by Gasteiger charge is 2.11. The van der Waals surface area contributed by atoms with Gasteiger partial charge in [0.1, 0.15) is 7.85 Å². The van der Waals surface area contributed by atoms with E-state index in [1.807, 2.05) is 18.2 Å². The Bertz CT molecular complexity index is 349. The summed E-state index contributed by atoms with van der Waals surface area (Å²) in [6.07, 6.45) is 1.36. The van der Waals surface area contributed by atoms with E-state index in [2.05, 4.69) is 5.32 Å². The van der Waals surface area contributed by atoms with Crippen LogP contribution in [0.2, 0.25) is 0 Å². The summed E-state index contributed by atoms with van der Waals surface area (Å²) in [5.41, 5.74) is 3.14. The molecule has 0 atom stereocenters. The quantitative estimate of drug-likeness (QED) is 0.548. The Hall–Kier alpha value is -1.25. The molecule has 64 valence electrons. The topological polar surface area (TPSA) is 29.1 Å². The van der Waals surface area contributed by atoms with Gasteiger partial charge in [-0.25, -0.2) is 0 Å². The van der Waals surface area contributed by atoms with Crippen molar-refractivity contribution in [1.82, 2.24) is 5.32 Å². The van der Waals surface area contributed by atoms with Crippen LogP contribution < -0.4 is 10.8 Å². The third-order valence-corrected chi connectivity index (χ3v) is 2.33. The van der Waals surface area contributed by atoms with E-state index in [1.54, 1.807) is 0 Å². The number of hydrogen-bond donors (Lipinski definition) is 1. The van der Waals surface area contributed by atoms with Crippen LogP contribution in [-0.4, -0.2) is 13.8 Å². The lowest BCUT2D eigenvalue weighted by molar-refractivity contribution is -0.121. The van der Waals surface area contributed by atoms with E-state index in [1.165, 1.54) is 11.1 Å². The first-order valence-corrected chi connectivity index (χ1v) is 4.40. The molecular formula is C10H10BNO. The smallest absolute Gasteiger partial charge is 0.220 e. The van der Waals surface area contributed by atoms with Crippen LogP contribution in [0.25, 0.3) is 0 Å². The summed E-state index contributed by atoms with van der Waals surface area (Å²) in [5, 5.41) is 2.84. The first kappa shape index (κ1) is 8.36. The molecule has 2 rings (SSSR count). The van der Waals surface area contributed by atoms with Gasteiger partial charge in [0.05, 0.1) is 0 Å². The van der Waals surface area contributed by atoms with Crippen molar-refractivity contribution in [3.8, 4) is 0 Å². The normalized spacial score (nSPS) is 15.8. The minimum atomic E-state index is 0.120. The van der Waals surface area contributed by atoms with Gasteiger partial charge in [-0.15, -0.1) is 0 Å². The van der Waals surface area contributed by atoms with Crippen LogP contribution in [0.4, 0.5) is 0 Å². The zero-order valence-corrected chi connectivity index (χ0v) is 7.34. The molecule has 1 heterocycles. The lowest BCUT2D eigenvalue weighted by atomic mass is 9.91. The van der Waals surface area contributed by atoms with E-state index in [-0.39, 0.29) is 5.91 Å². The monoisotopic (exact) mass is 171 g/mol. The molecule has 3 heteroatoms. The number of nitrogens with one attached hydrogen (secondary N) is 1. The molecule has 1 aliphatic heterocycles. The number of hydrogen-bond acceptors (Lipinski definition) is 1. The third-order valence-electron chi connectivity index (χ3n) is 2.33. The van der Waals surface area contributed by atoms with Gasteiger partial charge in [-0.1, -0.05) is 23.7 Å². The van der Waals surface area contributed by atoms with Crippen molar-refractivity contribution in [3.63, 3.8) is 0 Å². The summed E-state index contributed by atoms with van der Waals surface area (Å²) in [7, 11) is 5.66. The first-order valence-electron chi connectivity index (χ1n) is 4.40. The summed E-state index contributed by atoms with van der Waals surface area (Å²) in [4.78, 5) is 11.1. The molecule has 0 saturated heterocycles. The van der Waals surface area contributed by atoms with Gasteiger partial charge >= 0.3 is 0 Å². The van der Waals surface area contributed by atoms with Crippen LogP contribution in [0.3, 0.4) is 0 Å². The van der Waals surface area contributed by atoms with E-state index in [0.29, 0.717) is 13.0 Å². The Morgan fingerprint density at radius 3 is 2.92 bits per heavy atom. The number of amides is 1. The molecule has 1 amide bonds. The molecule has 0 spiro atoms. The predicted molar refractivity (Wildman–Crippen MR) is 52.0 cm³/mol. The maximum Gasteiger partial charge on any atom is 0.220 e. The molecule has 2 radical (unpaired) electrons. The highest BCUT2D eigenvalue weighted by molar-refractivity contribution is 6.32. The fraction of sp³-hybridized carbons (Fsp3) is 0.300. The minimum Gasteiger partial charge on any atom is -0.352 e. The van der Waals surface area contributed by atoms with Crippen molar-refractivity contribution in [2.24, 2.45) is 0 Å². The average molecular weight is 171 g/mol. The van der Waals surface area contributed by atoms with Gasteiger partial charge in [0.25, 0.3) is 0 Å². The Morgan fingerprint density at radius 1 is 1.23 bits per heavy atom.